The molecular formula is C15H21FN4S. The highest BCUT2D eigenvalue weighted by Crippen LogP contribution is 2.18. The molecule has 0 spiro atoms. The maximum absolute atomic E-state index is 14.0. The lowest BCUT2D eigenvalue weighted by molar-refractivity contribution is 0.392. The minimum atomic E-state index is -0.160. The summed E-state index contributed by atoms with van der Waals surface area (Å²) in [6.07, 6.45) is 2.01. The van der Waals surface area contributed by atoms with Gasteiger partial charge in [-0.15, -0.1) is 10.2 Å². The van der Waals surface area contributed by atoms with Crippen molar-refractivity contribution < 1.29 is 4.39 Å². The number of nitrogens with one attached hydrogen (secondary N) is 1. The number of benzene rings is 1. The SMILES string of the molecule is CCCc1nnc(NCc2ccc(CN(C)C)c(F)c2)s1. The van der Waals surface area contributed by atoms with Gasteiger partial charge in [0, 0.05) is 25.1 Å². The van der Waals surface area contributed by atoms with E-state index in [1.54, 1.807) is 17.4 Å². The normalized spacial score (nSPS) is 11.1. The van der Waals surface area contributed by atoms with Gasteiger partial charge in [-0.05, 0) is 32.1 Å². The quantitative estimate of drug-likeness (QED) is 0.852. The van der Waals surface area contributed by atoms with E-state index in [9.17, 15) is 4.39 Å². The summed E-state index contributed by atoms with van der Waals surface area (Å²) in [4.78, 5) is 1.95. The third-order valence-electron chi connectivity index (χ3n) is 2.98. The van der Waals surface area contributed by atoms with Crippen molar-refractivity contribution in [2.24, 2.45) is 0 Å². The van der Waals surface area contributed by atoms with Crippen molar-refractivity contribution in [1.82, 2.24) is 15.1 Å². The van der Waals surface area contributed by atoms with E-state index in [1.807, 2.05) is 31.1 Å². The molecule has 2 aromatic rings. The molecule has 0 saturated heterocycles. The minimum Gasteiger partial charge on any atom is -0.356 e. The van der Waals surface area contributed by atoms with Gasteiger partial charge < -0.3 is 10.2 Å². The van der Waals surface area contributed by atoms with Crippen molar-refractivity contribution in [1.29, 1.82) is 0 Å². The van der Waals surface area contributed by atoms with E-state index in [-0.39, 0.29) is 5.82 Å². The lowest BCUT2D eigenvalue weighted by atomic mass is 10.1. The summed E-state index contributed by atoms with van der Waals surface area (Å²) in [6.45, 7) is 3.28. The average molecular weight is 308 g/mol. The summed E-state index contributed by atoms with van der Waals surface area (Å²) in [5.41, 5.74) is 1.62. The van der Waals surface area contributed by atoms with Crippen LogP contribution in [0.25, 0.3) is 0 Å². The van der Waals surface area contributed by atoms with Gasteiger partial charge in [0.1, 0.15) is 10.8 Å². The zero-order valence-corrected chi connectivity index (χ0v) is 13.5. The molecule has 0 radical (unpaired) electrons. The van der Waals surface area contributed by atoms with Crippen LogP contribution in [0, 0.1) is 5.82 Å². The van der Waals surface area contributed by atoms with E-state index in [4.69, 9.17) is 0 Å². The molecule has 1 N–H and O–H groups in total. The van der Waals surface area contributed by atoms with E-state index in [0.29, 0.717) is 18.7 Å². The molecule has 0 aliphatic rings. The number of anilines is 1. The first-order valence-electron chi connectivity index (χ1n) is 7.06. The predicted molar refractivity (Wildman–Crippen MR) is 85.0 cm³/mol. The molecule has 0 aliphatic heterocycles. The van der Waals surface area contributed by atoms with Gasteiger partial charge in [-0.3, -0.25) is 0 Å². The van der Waals surface area contributed by atoms with Crippen molar-refractivity contribution in [2.45, 2.75) is 32.9 Å². The zero-order chi connectivity index (χ0) is 15.2. The number of hydrogen-bond acceptors (Lipinski definition) is 5. The molecule has 6 heteroatoms. The Hall–Kier alpha value is -1.53. The fourth-order valence-corrected chi connectivity index (χ4v) is 2.82. The Morgan fingerprint density at radius 2 is 2.10 bits per heavy atom. The molecule has 0 atom stereocenters. The first-order chi connectivity index (χ1) is 10.1. The lowest BCUT2D eigenvalue weighted by Gasteiger charge is -2.11. The fraction of sp³-hybridized carbons (Fsp3) is 0.467. The smallest absolute Gasteiger partial charge is 0.205 e. The number of aromatic nitrogens is 2. The van der Waals surface area contributed by atoms with Crippen LogP contribution in [0.1, 0.15) is 29.5 Å². The van der Waals surface area contributed by atoms with Crippen LogP contribution >= 0.6 is 11.3 Å². The minimum absolute atomic E-state index is 0.160. The molecule has 4 nitrogen and oxygen atoms in total. The van der Waals surface area contributed by atoms with E-state index < -0.39 is 0 Å². The summed E-state index contributed by atoms with van der Waals surface area (Å²) in [6, 6.07) is 5.37. The molecule has 0 unspecified atom stereocenters. The van der Waals surface area contributed by atoms with Crippen LogP contribution in [0.4, 0.5) is 9.52 Å². The summed E-state index contributed by atoms with van der Waals surface area (Å²) in [7, 11) is 3.86. The molecule has 21 heavy (non-hydrogen) atoms. The summed E-state index contributed by atoms with van der Waals surface area (Å²) in [5, 5.41) is 13.2. The highest BCUT2D eigenvalue weighted by molar-refractivity contribution is 7.15. The Kier molecular flexibility index (Phi) is 5.64. The van der Waals surface area contributed by atoms with E-state index >= 15 is 0 Å². The largest absolute Gasteiger partial charge is 0.356 e. The Balaban J connectivity index is 1.94. The number of rotatable bonds is 7. The summed E-state index contributed by atoms with van der Waals surface area (Å²) < 4.78 is 14.0. The molecule has 1 heterocycles. The van der Waals surface area contributed by atoms with Crippen LogP contribution in [-0.2, 0) is 19.5 Å². The molecule has 114 valence electrons. The Morgan fingerprint density at radius 1 is 1.29 bits per heavy atom. The van der Waals surface area contributed by atoms with E-state index in [0.717, 1.165) is 28.5 Å². The van der Waals surface area contributed by atoms with Crippen molar-refractivity contribution in [3.63, 3.8) is 0 Å². The molecule has 0 saturated carbocycles. The van der Waals surface area contributed by atoms with Gasteiger partial charge in [0.2, 0.25) is 5.13 Å². The van der Waals surface area contributed by atoms with Crippen LogP contribution in [-0.4, -0.2) is 29.2 Å². The molecule has 1 aromatic heterocycles. The second-order valence-corrected chi connectivity index (χ2v) is 6.33. The highest BCUT2D eigenvalue weighted by Gasteiger charge is 2.06. The molecule has 2 rings (SSSR count). The molecule has 0 bridgehead atoms. The van der Waals surface area contributed by atoms with Crippen LogP contribution in [0.2, 0.25) is 0 Å². The Morgan fingerprint density at radius 3 is 2.76 bits per heavy atom. The van der Waals surface area contributed by atoms with Gasteiger partial charge in [0.25, 0.3) is 0 Å². The van der Waals surface area contributed by atoms with Crippen molar-refractivity contribution in [2.75, 3.05) is 19.4 Å². The number of halogens is 1. The molecule has 0 fully saturated rings. The van der Waals surface area contributed by atoms with Gasteiger partial charge in [-0.1, -0.05) is 30.4 Å². The molecule has 1 aromatic carbocycles. The lowest BCUT2D eigenvalue weighted by Crippen LogP contribution is -2.12. The van der Waals surface area contributed by atoms with Crippen molar-refractivity contribution in [3.05, 3.63) is 40.2 Å². The monoisotopic (exact) mass is 308 g/mol. The van der Waals surface area contributed by atoms with Crippen LogP contribution < -0.4 is 5.32 Å². The first kappa shape index (κ1) is 15.9. The second kappa shape index (κ2) is 7.47. The average Bonchev–Trinajstić information content (AvgIpc) is 2.87. The number of aryl methyl sites for hydroxylation is 1. The second-order valence-electron chi connectivity index (χ2n) is 5.27. The number of hydrogen-bond donors (Lipinski definition) is 1. The number of nitrogens with zero attached hydrogens (tertiary/aromatic N) is 3. The Bertz CT molecular complexity index is 583. The van der Waals surface area contributed by atoms with E-state index in [2.05, 4.69) is 22.4 Å². The van der Waals surface area contributed by atoms with Crippen molar-refractivity contribution >= 4 is 16.5 Å². The van der Waals surface area contributed by atoms with Gasteiger partial charge >= 0.3 is 0 Å². The maximum atomic E-state index is 14.0. The Labute approximate surface area is 129 Å². The van der Waals surface area contributed by atoms with Crippen LogP contribution in [0.3, 0.4) is 0 Å². The molecular weight excluding hydrogens is 287 g/mol. The van der Waals surface area contributed by atoms with Gasteiger partial charge in [0.15, 0.2) is 0 Å². The summed E-state index contributed by atoms with van der Waals surface area (Å²) >= 11 is 1.56. The fourth-order valence-electron chi connectivity index (χ4n) is 1.99. The maximum Gasteiger partial charge on any atom is 0.205 e. The standard InChI is InChI=1S/C15H21FN4S/c1-4-5-14-18-19-15(21-14)17-9-11-6-7-12(10-20(2)3)13(16)8-11/h6-8H,4-5,9-10H2,1-3H3,(H,17,19). The van der Waals surface area contributed by atoms with E-state index in [1.165, 1.54) is 0 Å². The first-order valence-corrected chi connectivity index (χ1v) is 7.88. The van der Waals surface area contributed by atoms with Crippen molar-refractivity contribution in [3.8, 4) is 0 Å². The van der Waals surface area contributed by atoms with Gasteiger partial charge in [-0.25, -0.2) is 4.39 Å². The zero-order valence-electron chi connectivity index (χ0n) is 12.7. The molecule has 0 amide bonds. The summed E-state index contributed by atoms with van der Waals surface area (Å²) in [5.74, 6) is -0.160. The third kappa shape index (κ3) is 4.75. The predicted octanol–water partition coefficient (Wildman–Crippen LogP) is 3.30. The van der Waals surface area contributed by atoms with Gasteiger partial charge in [0.05, 0.1) is 0 Å². The van der Waals surface area contributed by atoms with Crippen LogP contribution in [0.5, 0.6) is 0 Å². The van der Waals surface area contributed by atoms with Crippen LogP contribution in [0.15, 0.2) is 18.2 Å². The highest BCUT2D eigenvalue weighted by atomic mass is 32.1. The topological polar surface area (TPSA) is 41.1 Å². The van der Waals surface area contributed by atoms with Gasteiger partial charge in [-0.2, -0.15) is 0 Å². The third-order valence-corrected chi connectivity index (χ3v) is 3.92. The molecule has 0 aliphatic carbocycles.